The molecule has 1 aromatic carbocycles. The molecule has 0 radical (unpaired) electrons. The summed E-state index contributed by atoms with van der Waals surface area (Å²) in [4.78, 5) is 1.30. The van der Waals surface area contributed by atoms with Gasteiger partial charge in [-0.1, -0.05) is 17.7 Å². The molecule has 0 spiro atoms. The minimum Gasteiger partial charge on any atom is -0.387 e. The van der Waals surface area contributed by atoms with Crippen molar-refractivity contribution in [3.8, 4) is 11.4 Å². The zero-order chi connectivity index (χ0) is 17.1. The summed E-state index contributed by atoms with van der Waals surface area (Å²) in [5.41, 5.74) is 0.972. The fraction of sp³-hybridized carbons (Fsp3) is 0.412. The molecule has 0 amide bonds. The van der Waals surface area contributed by atoms with Crippen LogP contribution in [0.5, 0.6) is 0 Å². The first-order chi connectivity index (χ1) is 11.6. The molecule has 128 valence electrons. The molecule has 1 aromatic heterocycles. The molecular weight excluding hydrogens is 344 g/mol. The Bertz CT molecular complexity index is 768. The quantitative estimate of drug-likeness (QED) is 0.628. The zero-order valence-electron chi connectivity index (χ0n) is 13.5. The van der Waals surface area contributed by atoms with E-state index in [1.54, 1.807) is 0 Å². The first kappa shape index (κ1) is 17.4. The normalized spacial score (nSPS) is 20.9. The summed E-state index contributed by atoms with van der Waals surface area (Å²) < 4.78 is 4.51. The van der Waals surface area contributed by atoms with Crippen molar-refractivity contribution in [2.45, 2.75) is 32.2 Å². The first-order valence-electron chi connectivity index (χ1n) is 8.14. The van der Waals surface area contributed by atoms with Crippen LogP contribution in [-0.2, 0) is 13.2 Å². The smallest absolute Gasteiger partial charge is 0.203 e. The van der Waals surface area contributed by atoms with E-state index >= 15 is 0 Å². The second-order valence-corrected chi connectivity index (χ2v) is 6.97. The van der Waals surface area contributed by atoms with Crippen LogP contribution in [0.3, 0.4) is 0 Å². The number of nitrogens with zero attached hydrogens (tertiary/aromatic N) is 3. The van der Waals surface area contributed by atoms with Crippen LogP contribution in [0.25, 0.3) is 11.4 Å². The van der Waals surface area contributed by atoms with Gasteiger partial charge < -0.3 is 10.0 Å². The molecule has 1 aliphatic heterocycles. The molecule has 1 fully saturated rings. The number of nitrogens with one attached hydrogen (secondary N) is 1. The summed E-state index contributed by atoms with van der Waals surface area (Å²) >= 11 is 11.6. The number of likely N-dealkylation sites (tertiary alicyclic amines) is 1. The highest BCUT2D eigenvalue weighted by atomic mass is 35.5. The second-order valence-electron chi connectivity index (χ2n) is 6.17. The highest BCUT2D eigenvalue weighted by molar-refractivity contribution is 7.71. The van der Waals surface area contributed by atoms with Crippen molar-refractivity contribution in [2.75, 3.05) is 13.1 Å². The molecule has 2 N–H and O–H groups in total. The molecule has 0 bridgehead atoms. The van der Waals surface area contributed by atoms with Gasteiger partial charge in [0.1, 0.15) is 12.6 Å². The van der Waals surface area contributed by atoms with Crippen LogP contribution >= 0.6 is 23.8 Å². The molecule has 0 aliphatic carbocycles. The van der Waals surface area contributed by atoms with Gasteiger partial charge in [0, 0.05) is 17.1 Å². The topological polar surface area (TPSA) is 47.4 Å². The molecular formula is C17H22ClN4OS+. The van der Waals surface area contributed by atoms with E-state index in [9.17, 15) is 5.11 Å². The fourth-order valence-electron chi connectivity index (χ4n) is 3.13. The highest BCUT2D eigenvalue weighted by Gasteiger charge is 2.23. The third kappa shape index (κ3) is 3.78. The maximum Gasteiger partial charge on any atom is 0.203 e. The lowest BCUT2D eigenvalue weighted by molar-refractivity contribution is -0.931. The van der Waals surface area contributed by atoms with Gasteiger partial charge in [-0.25, -0.2) is 0 Å². The predicted octanol–water partition coefficient (Wildman–Crippen LogP) is 1.92. The van der Waals surface area contributed by atoms with Crippen LogP contribution in [0.1, 0.15) is 12.8 Å². The molecule has 2 aromatic rings. The van der Waals surface area contributed by atoms with E-state index in [-0.39, 0.29) is 6.10 Å². The Kier molecular flexibility index (Phi) is 5.50. The van der Waals surface area contributed by atoms with Gasteiger partial charge in [-0.15, -0.1) is 11.7 Å². The number of hydrogen-bond acceptors (Lipinski definition) is 3. The summed E-state index contributed by atoms with van der Waals surface area (Å²) in [5.74, 6) is 0.813. The number of benzene rings is 1. The standard InChI is InChI=1S/C17H21ClN4OS/c1-2-9-21-16(13-5-7-14(18)8-6-13)19-22(17(21)24)12-20-10-3-4-15(23)11-20/h2,5-8,15,23H,1,3-4,9-12H2/p+1/t15-/m1/s1. The number of rotatable bonds is 5. The Labute approximate surface area is 151 Å². The fourth-order valence-corrected chi connectivity index (χ4v) is 3.52. The summed E-state index contributed by atoms with van der Waals surface area (Å²) in [6.45, 7) is 6.86. The van der Waals surface area contributed by atoms with E-state index in [4.69, 9.17) is 28.9 Å². The molecule has 24 heavy (non-hydrogen) atoms. The van der Waals surface area contributed by atoms with Gasteiger partial charge in [0.15, 0.2) is 12.5 Å². The highest BCUT2D eigenvalue weighted by Crippen LogP contribution is 2.20. The summed E-state index contributed by atoms with van der Waals surface area (Å²) in [7, 11) is 0. The number of hydrogen-bond donors (Lipinski definition) is 2. The molecule has 2 heterocycles. The minimum absolute atomic E-state index is 0.228. The summed E-state index contributed by atoms with van der Waals surface area (Å²) in [6.07, 6.45) is 3.50. The Morgan fingerprint density at radius 3 is 2.83 bits per heavy atom. The van der Waals surface area contributed by atoms with Gasteiger partial charge in [-0.05, 0) is 49.3 Å². The SMILES string of the molecule is C=CCn1c(-c2ccc(Cl)cc2)nn(C[NH+]2CCC[C@@H](O)C2)c1=S. The number of quaternary nitrogens is 1. The van der Waals surface area contributed by atoms with Gasteiger partial charge in [0.25, 0.3) is 0 Å². The summed E-state index contributed by atoms with van der Waals surface area (Å²) in [5, 5.41) is 15.3. The molecule has 7 heteroatoms. The van der Waals surface area contributed by atoms with Gasteiger partial charge >= 0.3 is 0 Å². The number of aromatic nitrogens is 3. The minimum atomic E-state index is -0.228. The molecule has 3 rings (SSSR count). The Morgan fingerprint density at radius 1 is 1.42 bits per heavy atom. The van der Waals surface area contributed by atoms with Crippen LogP contribution in [0.2, 0.25) is 5.02 Å². The molecule has 1 saturated heterocycles. The maximum absolute atomic E-state index is 9.87. The van der Waals surface area contributed by atoms with E-state index in [0.29, 0.717) is 23.0 Å². The van der Waals surface area contributed by atoms with Crippen molar-refractivity contribution >= 4 is 23.8 Å². The molecule has 5 nitrogen and oxygen atoms in total. The molecule has 1 unspecified atom stereocenters. The summed E-state index contributed by atoms with van der Waals surface area (Å²) in [6, 6.07) is 7.59. The second kappa shape index (κ2) is 7.61. The molecule has 1 aliphatic rings. The lowest BCUT2D eigenvalue weighted by Crippen LogP contribution is -3.13. The van der Waals surface area contributed by atoms with Crippen LogP contribution in [-0.4, -0.2) is 38.6 Å². The van der Waals surface area contributed by atoms with E-state index in [0.717, 1.165) is 37.3 Å². The largest absolute Gasteiger partial charge is 0.387 e. The maximum atomic E-state index is 9.87. The Balaban J connectivity index is 1.93. The van der Waals surface area contributed by atoms with E-state index in [1.165, 1.54) is 4.90 Å². The van der Waals surface area contributed by atoms with Gasteiger partial charge in [-0.3, -0.25) is 4.57 Å². The van der Waals surface area contributed by atoms with Crippen molar-refractivity contribution in [1.29, 1.82) is 0 Å². The van der Waals surface area contributed by atoms with Gasteiger partial charge in [-0.2, -0.15) is 4.68 Å². The van der Waals surface area contributed by atoms with Gasteiger partial charge in [0.2, 0.25) is 4.77 Å². The monoisotopic (exact) mass is 365 g/mol. The van der Waals surface area contributed by atoms with Crippen molar-refractivity contribution in [3.63, 3.8) is 0 Å². The third-order valence-corrected chi connectivity index (χ3v) is 4.99. The number of aliphatic hydroxyl groups excluding tert-OH is 1. The Morgan fingerprint density at radius 2 is 2.17 bits per heavy atom. The lowest BCUT2D eigenvalue weighted by Gasteiger charge is -2.26. The van der Waals surface area contributed by atoms with E-state index in [2.05, 4.69) is 6.58 Å². The number of allylic oxidation sites excluding steroid dienone is 1. The Hall–Kier alpha value is -1.47. The van der Waals surface area contributed by atoms with E-state index in [1.807, 2.05) is 39.6 Å². The van der Waals surface area contributed by atoms with Crippen molar-refractivity contribution in [3.05, 3.63) is 46.7 Å². The number of aliphatic hydroxyl groups is 1. The lowest BCUT2D eigenvalue weighted by atomic mass is 10.1. The van der Waals surface area contributed by atoms with Crippen LogP contribution in [0.4, 0.5) is 0 Å². The number of piperidine rings is 1. The first-order valence-corrected chi connectivity index (χ1v) is 8.93. The van der Waals surface area contributed by atoms with Crippen molar-refractivity contribution in [1.82, 2.24) is 14.3 Å². The van der Waals surface area contributed by atoms with Crippen molar-refractivity contribution < 1.29 is 10.0 Å². The molecule has 2 atom stereocenters. The average molecular weight is 366 g/mol. The third-order valence-electron chi connectivity index (χ3n) is 4.30. The van der Waals surface area contributed by atoms with Crippen molar-refractivity contribution in [2.24, 2.45) is 0 Å². The number of halogens is 1. The van der Waals surface area contributed by atoms with Crippen LogP contribution in [0, 0.1) is 4.77 Å². The van der Waals surface area contributed by atoms with Crippen LogP contribution < -0.4 is 4.90 Å². The van der Waals surface area contributed by atoms with E-state index < -0.39 is 0 Å². The molecule has 0 saturated carbocycles. The zero-order valence-corrected chi connectivity index (χ0v) is 15.1. The van der Waals surface area contributed by atoms with Crippen LogP contribution in [0.15, 0.2) is 36.9 Å². The average Bonchev–Trinajstić information content (AvgIpc) is 2.86. The van der Waals surface area contributed by atoms with Gasteiger partial charge in [0.05, 0.1) is 6.54 Å². The predicted molar refractivity (Wildman–Crippen MR) is 97.6 cm³/mol.